The quantitative estimate of drug-likeness (QED) is 0.595. The average Bonchev–Trinajstić information content (AvgIpc) is 3.40. The summed E-state index contributed by atoms with van der Waals surface area (Å²) in [5.74, 6) is 0.179. The third-order valence-electron chi connectivity index (χ3n) is 4.26. The smallest absolute Gasteiger partial charge is 0.191 e. The molecule has 2 aromatic carbocycles. The molecule has 1 fully saturated rings. The molecule has 0 saturated heterocycles. The van der Waals surface area contributed by atoms with Crippen molar-refractivity contribution in [1.82, 2.24) is 14.8 Å². The van der Waals surface area contributed by atoms with Gasteiger partial charge < -0.3 is 4.57 Å². The first-order valence-electron chi connectivity index (χ1n) is 8.25. The van der Waals surface area contributed by atoms with E-state index >= 15 is 0 Å². The van der Waals surface area contributed by atoms with E-state index in [1.165, 1.54) is 23.4 Å². The first-order chi connectivity index (χ1) is 12.2. The van der Waals surface area contributed by atoms with Gasteiger partial charge in [0.15, 0.2) is 16.8 Å². The summed E-state index contributed by atoms with van der Waals surface area (Å²) >= 11 is 1.39. The van der Waals surface area contributed by atoms with Crippen LogP contribution in [0, 0.1) is 11.6 Å². The fraction of sp³-hybridized carbons (Fsp3) is 0.263. The van der Waals surface area contributed by atoms with Gasteiger partial charge in [-0.1, -0.05) is 54.2 Å². The van der Waals surface area contributed by atoms with Gasteiger partial charge in [-0.25, -0.2) is 8.78 Å². The highest BCUT2D eigenvalue weighted by molar-refractivity contribution is 7.98. The molecule has 0 radical (unpaired) electrons. The Labute approximate surface area is 149 Å². The van der Waals surface area contributed by atoms with Crippen LogP contribution in [0.2, 0.25) is 0 Å². The molecular formula is C19H17F2N3S. The Kier molecular flexibility index (Phi) is 4.53. The van der Waals surface area contributed by atoms with Crippen LogP contribution >= 0.6 is 11.8 Å². The lowest BCUT2D eigenvalue weighted by Gasteiger charge is -2.10. The fourth-order valence-electron chi connectivity index (χ4n) is 2.77. The summed E-state index contributed by atoms with van der Waals surface area (Å²) in [7, 11) is 0. The Hall–Kier alpha value is -2.21. The van der Waals surface area contributed by atoms with Crippen molar-refractivity contribution in [2.75, 3.05) is 0 Å². The van der Waals surface area contributed by atoms with Crippen molar-refractivity contribution in [2.24, 2.45) is 0 Å². The molecule has 3 aromatic rings. The third-order valence-corrected chi connectivity index (χ3v) is 5.28. The lowest BCUT2D eigenvalue weighted by molar-refractivity contribution is 0.502. The first kappa shape index (κ1) is 16.3. The minimum absolute atomic E-state index is 0.321. The van der Waals surface area contributed by atoms with Gasteiger partial charge in [-0.3, -0.25) is 0 Å². The lowest BCUT2D eigenvalue weighted by atomic mass is 10.2. The Morgan fingerprint density at radius 1 is 1.00 bits per heavy atom. The van der Waals surface area contributed by atoms with Crippen LogP contribution in [0.5, 0.6) is 0 Å². The van der Waals surface area contributed by atoms with Gasteiger partial charge in [0.05, 0.1) is 6.54 Å². The Morgan fingerprint density at radius 3 is 2.56 bits per heavy atom. The number of hydrogen-bond donors (Lipinski definition) is 0. The second kappa shape index (κ2) is 6.96. The van der Waals surface area contributed by atoms with Crippen molar-refractivity contribution < 1.29 is 8.78 Å². The summed E-state index contributed by atoms with van der Waals surface area (Å²) in [5, 5.41) is 9.40. The van der Waals surface area contributed by atoms with Gasteiger partial charge in [-0.05, 0) is 24.5 Å². The van der Waals surface area contributed by atoms with Gasteiger partial charge >= 0.3 is 0 Å². The topological polar surface area (TPSA) is 30.7 Å². The summed E-state index contributed by atoms with van der Waals surface area (Å²) in [5.41, 5.74) is 1.51. The lowest BCUT2D eigenvalue weighted by Crippen LogP contribution is -2.06. The number of halogens is 2. The maximum absolute atomic E-state index is 13.9. The second-order valence-electron chi connectivity index (χ2n) is 6.19. The number of hydrogen-bond acceptors (Lipinski definition) is 3. The molecular weight excluding hydrogens is 340 g/mol. The Balaban J connectivity index is 1.58. The summed E-state index contributed by atoms with van der Waals surface area (Å²) in [6, 6.07) is 14.4. The molecule has 0 bridgehead atoms. The van der Waals surface area contributed by atoms with Crippen LogP contribution < -0.4 is 0 Å². The van der Waals surface area contributed by atoms with Crippen molar-refractivity contribution in [2.45, 2.75) is 36.2 Å². The predicted octanol–water partition coefficient (Wildman–Crippen LogP) is 4.77. The number of aromatic nitrogens is 3. The molecule has 0 spiro atoms. The maximum Gasteiger partial charge on any atom is 0.191 e. The van der Waals surface area contributed by atoms with E-state index in [1.54, 1.807) is 6.07 Å². The van der Waals surface area contributed by atoms with Crippen molar-refractivity contribution >= 4 is 11.8 Å². The van der Waals surface area contributed by atoms with Crippen molar-refractivity contribution in [3.8, 4) is 0 Å². The zero-order chi connectivity index (χ0) is 17.2. The summed E-state index contributed by atoms with van der Waals surface area (Å²) in [4.78, 5) is 0. The first-order valence-corrected chi connectivity index (χ1v) is 9.23. The molecule has 0 N–H and O–H groups in total. The van der Waals surface area contributed by atoms with E-state index in [2.05, 4.69) is 26.9 Å². The van der Waals surface area contributed by atoms with Crippen LogP contribution in [0.4, 0.5) is 8.78 Å². The summed E-state index contributed by atoms with van der Waals surface area (Å²) in [6.07, 6.45) is 2.27. The van der Waals surface area contributed by atoms with Gasteiger partial charge in [0, 0.05) is 17.2 Å². The molecule has 0 amide bonds. The highest BCUT2D eigenvalue weighted by Crippen LogP contribution is 2.40. The van der Waals surface area contributed by atoms with Crippen LogP contribution in [-0.2, 0) is 12.3 Å². The van der Waals surface area contributed by atoms with Crippen molar-refractivity contribution in [3.63, 3.8) is 0 Å². The van der Waals surface area contributed by atoms with E-state index in [4.69, 9.17) is 0 Å². The SMILES string of the molecule is Fc1cccc(CSc2nnc(C3CC3)n2Cc2ccccc2)c1F. The maximum atomic E-state index is 13.9. The zero-order valence-electron chi connectivity index (χ0n) is 13.5. The van der Waals surface area contributed by atoms with E-state index < -0.39 is 11.6 Å². The minimum Gasteiger partial charge on any atom is -0.301 e. The molecule has 1 aliphatic rings. The van der Waals surface area contributed by atoms with Crippen LogP contribution in [0.25, 0.3) is 0 Å². The summed E-state index contributed by atoms with van der Waals surface area (Å²) < 4.78 is 29.3. The van der Waals surface area contributed by atoms with Crippen molar-refractivity contribution in [1.29, 1.82) is 0 Å². The van der Waals surface area contributed by atoms with E-state index in [0.29, 0.717) is 23.8 Å². The van der Waals surface area contributed by atoms with Gasteiger partial charge in [0.2, 0.25) is 0 Å². The second-order valence-corrected chi connectivity index (χ2v) is 7.13. The van der Waals surface area contributed by atoms with Crippen LogP contribution in [0.15, 0.2) is 53.7 Å². The van der Waals surface area contributed by atoms with Crippen molar-refractivity contribution in [3.05, 3.63) is 77.1 Å². The monoisotopic (exact) mass is 357 g/mol. The molecule has 1 saturated carbocycles. The zero-order valence-corrected chi connectivity index (χ0v) is 14.3. The van der Waals surface area contributed by atoms with Gasteiger partial charge in [-0.15, -0.1) is 10.2 Å². The number of thioether (sulfide) groups is 1. The van der Waals surface area contributed by atoms with Gasteiger partial charge in [0.1, 0.15) is 5.82 Å². The van der Waals surface area contributed by atoms with E-state index in [-0.39, 0.29) is 0 Å². The fourth-order valence-corrected chi connectivity index (χ4v) is 3.69. The molecule has 25 heavy (non-hydrogen) atoms. The normalized spacial score (nSPS) is 14.0. The van der Waals surface area contributed by atoms with E-state index in [0.717, 1.165) is 29.9 Å². The predicted molar refractivity (Wildman–Crippen MR) is 93.5 cm³/mol. The Bertz CT molecular complexity index is 876. The molecule has 128 valence electrons. The number of nitrogens with zero attached hydrogens (tertiary/aromatic N) is 3. The molecule has 0 aliphatic heterocycles. The molecule has 0 unspecified atom stereocenters. The third kappa shape index (κ3) is 3.58. The van der Waals surface area contributed by atoms with Crippen LogP contribution in [0.3, 0.4) is 0 Å². The van der Waals surface area contributed by atoms with E-state index in [1.807, 2.05) is 18.2 Å². The van der Waals surface area contributed by atoms with Crippen LogP contribution in [-0.4, -0.2) is 14.8 Å². The standard InChI is InChI=1S/C19H17F2N3S/c20-16-8-4-7-15(17(16)21)12-25-19-23-22-18(14-9-10-14)24(19)11-13-5-2-1-3-6-13/h1-8,14H,9-12H2. The highest BCUT2D eigenvalue weighted by Gasteiger charge is 2.30. The average molecular weight is 357 g/mol. The minimum atomic E-state index is -0.817. The summed E-state index contributed by atoms with van der Waals surface area (Å²) in [6.45, 7) is 0.688. The van der Waals surface area contributed by atoms with Crippen LogP contribution in [0.1, 0.15) is 35.7 Å². The Morgan fingerprint density at radius 2 is 1.80 bits per heavy atom. The highest BCUT2D eigenvalue weighted by atomic mass is 32.2. The molecule has 6 heteroatoms. The van der Waals surface area contributed by atoms with Gasteiger partial charge in [-0.2, -0.15) is 0 Å². The van der Waals surface area contributed by atoms with E-state index in [9.17, 15) is 8.78 Å². The molecule has 4 rings (SSSR count). The number of benzene rings is 2. The molecule has 1 heterocycles. The largest absolute Gasteiger partial charge is 0.301 e. The molecule has 1 aromatic heterocycles. The molecule has 0 atom stereocenters. The molecule has 1 aliphatic carbocycles. The number of rotatable bonds is 6. The molecule has 3 nitrogen and oxygen atoms in total. The van der Waals surface area contributed by atoms with Gasteiger partial charge in [0.25, 0.3) is 0 Å².